The maximum Gasteiger partial charge on any atom is 0.122 e. The molecule has 5 nitrogen and oxygen atoms in total. The molecule has 0 radical (unpaired) electrons. The average Bonchev–Trinajstić information content (AvgIpc) is 3.41. The van der Waals surface area contributed by atoms with E-state index in [1.165, 1.54) is 5.39 Å². The quantitative estimate of drug-likeness (QED) is 0.485. The van der Waals surface area contributed by atoms with Gasteiger partial charge in [0, 0.05) is 66.3 Å². The number of anilines is 1. The fourth-order valence-corrected chi connectivity index (χ4v) is 3.82. The van der Waals surface area contributed by atoms with E-state index < -0.39 is 0 Å². The maximum absolute atomic E-state index is 5.78. The Bertz CT molecular complexity index is 1170. The van der Waals surface area contributed by atoms with E-state index in [9.17, 15) is 0 Å². The first kappa shape index (κ1) is 16.7. The standard InChI is InChI=1S/C23H21N5/c1-2-16-14-22(27-23(16)28-11-9-24-10-12-28)19-6-8-26-21(15-19)17-3-4-20-18(13-17)5-7-25-20/h1,3-8,13-15,24-25,27H,9-12H2. The van der Waals surface area contributed by atoms with Crippen molar-refractivity contribution in [3.63, 3.8) is 0 Å². The van der Waals surface area contributed by atoms with Crippen LogP contribution < -0.4 is 10.2 Å². The topological polar surface area (TPSA) is 59.7 Å². The summed E-state index contributed by atoms with van der Waals surface area (Å²) in [7, 11) is 0. The van der Waals surface area contributed by atoms with Crippen molar-refractivity contribution < 1.29 is 0 Å². The number of fused-ring (bicyclic) bond motifs is 1. The van der Waals surface area contributed by atoms with Crippen LogP contribution in [-0.4, -0.2) is 41.1 Å². The van der Waals surface area contributed by atoms with Crippen LogP contribution in [0.15, 0.2) is 54.9 Å². The van der Waals surface area contributed by atoms with Gasteiger partial charge in [0.1, 0.15) is 5.82 Å². The van der Waals surface area contributed by atoms with Crippen molar-refractivity contribution in [3.05, 3.63) is 60.4 Å². The van der Waals surface area contributed by atoms with Crippen LogP contribution in [0.4, 0.5) is 5.82 Å². The van der Waals surface area contributed by atoms with Crippen LogP contribution in [0.2, 0.25) is 0 Å². The molecule has 0 aliphatic carbocycles. The first-order valence-corrected chi connectivity index (χ1v) is 9.51. The predicted octanol–water partition coefficient (Wildman–Crippen LogP) is 3.62. The molecule has 0 bridgehead atoms. The Morgan fingerprint density at radius 1 is 1.00 bits per heavy atom. The number of piperazine rings is 1. The van der Waals surface area contributed by atoms with Gasteiger partial charge in [-0.05, 0) is 36.4 Å². The maximum atomic E-state index is 5.78. The third-order valence-electron chi connectivity index (χ3n) is 5.31. The largest absolute Gasteiger partial charge is 0.361 e. The Hall–Kier alpha value is -3.49. The van der Waals surface area contributed by atoms with Crippen molar-refractivity contribution in [2.75, 3.05) is 31.1 Å². The van der Waals surface area contributed by atoms with Crippen LogP contribution in [0.1, 0.15) is 5.56 Å². The lowest BCUT2D eigenvalue weighted by molar-refractivity contribution is 0.585. The monoisotopic (exact) mass is 367 g/mol. The van der Waals surface area contributed by atoms with E-state index in [1.54, 1.807) is 0 Å². The molecule has 5 rings (SSSR count). The number of terminal acetylenes is 1. The van der Waals surface area contributed by atoms with E-state index in [4.69, 9.17) is 6.42 Å². The molecule has 4 aromatic rings. The van der Waals surface area contributed by atoms with Gasteiger partial charge in [-0.2, -0.15) is 0 Å². The van der Waals surface area contributed by atoms with Crippen molar-refractivity contribution in [1.29, 1.82) is 0 Å². The fourth-order valence-electron chi connectivity index (χ4n) is 3.82. The van der Waals surface area contributed by atoms with E-state index in [1.807, 2.05) is 18.5 Å². The lowest BCUT2D eigenvalue weighted by Gasteiger charge is -2.28. The second-order valence-corrected chi connectivity index (χ2v) is 7.04. The molecule has 0 spiro atoms. The minimum atomic E-state index is 0.906. The van der Waals surface area contributed by atoms with Gasteiger partial charge in [-0.1, -0.05) is 12.0 Å². The highest BCUT2D eigenvalue weighted by molar-refractivity contribution is 5.85. The Morgan fingerprint density at radius 2 is 1.89 bits per heavy atom. The Balaban J connectivity index is 1.52. The first-order chi connectivity index (χ1) is 13.8. The lowest BCUT2D eigenvalue weighted by Crippen LogP contribution is -2.44. The van der Waals surface area contributed by atoms with Gasteiger partial charge in [-0.15, -0.1) is 6.42 Å². The number of benzene rings is 1. The van der Waals surface area contributed by atoms with E-state index >= 15 is 0 Å². The number of rotatable bonds is 3. The van der Waals surface area contributed by atoms with Crippen molar-refractivity contribution in [2.45, 2.75) is 0 Å². The Labute approximate surface area is 163 Å². The zero-order valence-corrected chi connectivity index (χ0v) is 15.5. The number of aromatic amines is 2. The van der Waals surface area contributed by atoms with Gasteiger partial charge in [0.15, 0.2) is 0 Å². The molecule has 3 N–H and O–H groups in total. The SMILES string of the molecule is C#Cc1cc(-c2ccnc(-c3ccc4[nH]ccc4c3)c2)[nH]c1N1CCNCC1. The van der Waals surface area contributed by atoms with Crippen LogP contribution in [-0.2, 0) is 0 Å². The third kappa shape index (κ3) is 2.94. The predicted molar refractivity (Wildman–Crippen MR) is 114 cm³/mol. The normalized spacial score (nSPS) is 14.3. The van der Waals surface area contributed by atoms with Crippen molar-refractivity contribution >= 4 is 16.7 Å². The number of hydrogen-bond acceptors (Lipinski definition) is 3. The average molecular weight is 367 g/mol. The van der Waals surface area contributed by atoms with Crippen LogP contribution in [0.3, 0.4) is 0 Å². The lowest BCUT2D eigenvalue weighted by atomic mass is 10.1. The minimum Gasteiger partial charge on any atom is -0.361 e. The first-order valence-electron chi connectivity index (χ1n) is 9.51. The molecule has 1 aliphatic heterocycles. The summed E-state index contributed by atoms with van der Waals surface area (Å²) in [5.74, 6) is 3.87. The van der Waals surface area contributed by atoms with Crippen LogP contribution in [0.5, 0.6) is 0 Å². The molecule has 5 heteroatoms. The zero-order valence-electron chi connectivity index (χ0n) is 15.5. The number of nitrogens with zero attached hydrogens (tertiary/aromatic N) is 2. The molecule has 1 aromatic carbocycles. The smallest absolute Gasteiger partial charge is 0.122 e. The van der Waals surface area contributed by atoms with Crippen LogP contribution >= 0.6 is 0 Å². The highest BCUT2D eigenvalue weighted by atomic mass is 15.2. The molecule has 4 heterocycles. The molecule has 0 amide bonds. The summed E-state index contributed by atoms with van der Waals surface area (Å²) in [6, 6.07) is 14.6. The van der Waals surface area contributed by atoms with Crippen molar-refractivity contribution in [2.24, 2.45) is 0 Å². The van der Waals surface area contributed by atoms with Crippen LogP contribution in [0.25, 0.3) is 33.4 Å². The number of H-pyrrole nitrogens is 2. The molecular weight excluding hydrogens is 346 g/mol. The van der Waals surface area contributed by atoms with Gasteiger partial charge in [0.25, 0.3) is 0 Å². The van der Waals surface area contributed by atoms with Gasteiger partial charge in [0.2, 0.25) is 0 Å². The van der Waals surface area contributed by atoms with E-state index in [0.717, 1.165) is 65.6 Å². The van der Waals surface area contributed by atoms with Gasteiger partial charge in [0.05, 0.1) is 11.3 Å². The molecule has 3 aromatic heterocycles. The molecule has 0 unspecified atom stereocenters. The van der Waals surface area contributed by atoms with Gasteiger partial charge < -0.3 is 20.2 Å². The third-order valence-corrected chi connectivity index (χ3v) is 5.31. The van der Waals surface area contributed by atoms with Gasteiger partial charge in [-0.3, -0.25) is 4.98 Å². The van der Waals surface area contributed by atoms with Crippen molar-refractivity contribution in [1.82, 2.24) is 20.3 Å². The second kappa shape index (κ2) is 6.91. The number of nitrogens with one attached hydrogen (secondary N) is 3. The molecule has 0 atom stereocenters. The summed E-state index contributed by atoms with van der Waals surface area (Å²) in [6.45, 7) is 3.85. The van der Waals surface area contributed by atoms with Crippen LogP contribution in [0, 0.1) is 12.3 Å². The molecule has 1 aliphatic rings. The highest BCUT2D eigenvalue weighted by Gasteiger charge is 2.17. The Kier molecular flexibility index (Phi) is 4.12. The minimum absolute atomic E-state index is 0.906. The molecule has 0 saturated carbocycles. The molecule has 28 heavy (non-hydrogen) atoms. The van der Waals surface area contributed by atoms with E-state index in [-0.39, 0.29) is 0 Å². The number of pyridine rings is 1. The zero-order chi connectivity index (χ0) is 18.9. The highest BCUT2D eigenvalue weighted by Crippen LogP contribution is 2.30. The summed E-state index contributed by atoms with van der Waals surface area (Å²) < 4.78 is 0. The van der Waals surface area contributed by atoms with Gasteiger partial charge >= 0.3 is 0 Å². The van der Waals surface area contributed by atoms with E-state index in [0.29, 0.717) is 0 Å². The molecule has 1 fully saturated rings. The summed E-state index contributed by atoms with van der Waals surface area (Å²) in [5.41, 5.74) is 6.18. The summed E-state index contributed by atoms with van der Waals surface area (Å²) >= 11 is 0. The molecule has 1 saturated heterocycles. The van der Waals surface area contributed by atoms with E-state index in [2.05, 4.69) is 67.5 Å². The summed E-state index contributed by atoms with van der Waals surface area (Å²) in [4.78, 5) is 13.7. The van der Waals surface area contributed by atoms with Crippen molar-refractivity contribution in [3.8, 4) is 34.9 Å². The second-order valence-electron chi connectivity index (χ2n) is 7.04. The molecule has 138 valence electrons. The Morgan fingerprint density at radius 3 is 2.75 bits per heavy atom. The van der Waals surface area contributed by atoms with Gasteiger partial charge in [-0.25, -0.2) is 0 Å². The summed E-state index contributed by atoms with van der Waals surface area (Å²) in [5, 5.41) is 4.56. The number of aromatic nitrogens is 3. The molecular formula is C23H21N5. The summed E-state index contributed by atoms with van der Waals surface area (Å²) in [6.07, 6.45) is 9.59. The number of hydrogen-bond donors (Lipinski definition) is 3. The fraction of sp³-hybridized carbons (Fsp3) is 0.174.